The van der Waals surface area contributed by atoms with Crippen LogP contribution in [-0.2, 0) is 4.79 Å². The average molecular weight is 464 g/mol. The summed E-state index contributed by atoms with van der Waals surface area (Å²) in [6, 6.07) is 12.4. The number of para-hydroxylation sites is 1. The summed E-state index contributed by atoms with van der Waals surface area (Å²) in [7, 11) is 0. The largest absolute Gasteiger partial charge is 0.349 e. The van der Waals surface area contributed by atoms with E-state index in [0.717, 1.165) is 18.2 Å². The topological polar surface area (TPSA) is 128 Å². The Morgan fingerprint density at radius 2 is 1.91 bits per heavy atom. The number of nitrogens with zero attached hydrogens (tertiary/aromatic N) is 3. The predicted octanol–water partition coefficient (Wildman–Crippen LogP) is 4.77. The minimum Gasteiger partial charge on any atom is -0.349 e. The van der Waals surface area contributed by atoms with E-state index in [1.165, 1.54) is 12.8 Å². The highest BCUT2D eigenvalue weighted by Gasteiger charge is 2.20. The standard InChI is InChI=1S/C23H22ClN7O2/c24-15-8-9-17(16(12-15)22-28-30-31-29-22)27-23(33)19-11-14-6-3-7-18(21(14)26-19)25-20(32)10-13-4-1-2-5-13/h3,6-9,11-13,26H,1-2,4-5,10H2,(H,25,32)(H,27,33)(H,28,29,30,31). The van der Waals surface area contributed by atoms with Crippen molar-refractivity contribution in [2.45, 2.75) is 32.1 Å². The number of H-pyrrole nitrogens is 2. The third kappa shape index (κ3) is 4.58. The zero-order valence-corrected chi connectivity index (χ0v) is 18.4. The number of tetrazole rings is 1. The summed E-state index contributed by atoms with van der Waals surface area (Å²) in [6.07, 6.45) is 5.15. The maximum Gasteiger partial charge on any atom is 0.272 e. The van der Waals surface area contributed by atoms with E-state index in [9.17, 15) is 9.59 Å². The molecule has 1 saturated carbocycles. The number of rotatable bonds is 6. The third-order valence-electron chi connectivity index (χ3n) is 5.95. The van der Waals surface area contributed by atoms with E-state index < -0.39 is 0 Å². The van der Waals surface area contributed by atoms with Crippen molar-refractivity contribution in [2.75, 3.05) is 10.6 Å². The number of hydrogen-bond donors (Lipinski definition) is 4. The number of fused-ring (bicyclic) bond motifs is 1. The van der Waals surface area contributed by atoms with Crippen molar-refractivity contribution >= 4 is 45.7 Å². The fourth-order valence-electron chi connectivity index (χ4n) is 4.34. The normalized spacial score (nSPS) is 14.0. The molecular weight excluding hydrogens is 442 g/mol. The van der Waals surface area contributed by atoms with E-state index in [0.29, 0.717) is 51.3 Å². The molecule has 33 heavy (non-hydrogen) atoms. The molecule has 9 nitrogen and oxygen atoms in total. The first-order valence-electron chi connectivity index (χ1n) is 10.8. The van der Waals surface area contributed by atoms with E-state index in [1.54, 1.807) is 24.3 Å². The molecule has 2 amide bonds. The van der Waals surface area contributed by atoms with Gasteiger partial charge in [0.2, 0.25) is 5.91 Å². The first kappa shape index (κ1) is 21.1. The van der Waals surface area contributed by atoms with E-state index >= 15 is 0 Å². The number of benzene rings is 2. The summed E-state index contributed by atoms with van der Waals surface area (Å²) in [5, 5.41) is 20.9. The fourth-order valence-corrected chi connectivity index (χ4v) is 4.52. The lowest BCUT2D eigenvalue weighted by atomic mass is 10.0. The summed E-state index contributed by atoms with van der Waals surface area (Å²) in [4.78, 5) is 28.7. The first-order chi connectivity index (χ1) is 16.1. The molecule has 0 saturated heterocycles. The Bertz CT molecular complexity index is 1310. The van der Waals surface area contributed by atoms with Gasteiger partial charge in [0.15, 0.2) is 5.82 Å². The zero-order chi connectivity index (χ0) is 22.8. The van der Waals surface area contributed by atoms with Crippen molar-refractivity contribution in [2.24, 2.45) is 5.92 Å². The lowest BCUT2D eigenvalue weighted by Gasteiger charge is -2.10. The van der Waals surface area contributed by atoms with Gasteiger partial charge in [-0.3, -0.25) is 9.59 Å². The van der Waals surface area contributed by atoms with Crippen LogP contribution >= 0.6 is 11.6 Å². The Morgan fingerprint density at radius 3 is 2.70 bits per heavy atom. The van der Waals surface area contributed by atoms with Crippen LogP contribution in [0.1, 0.15) is 42.6 Å². The average Bonchev–Trinajstić information content (AvgIpc) is 3.57. The van der Waals surface area contributed by atoms with Gasteiger partial charge in [0.25, 0.3) is 5.91 Å². The van der Waals surface area contributed by atoms with Gasteiger partial charge >= 0.3 is 0 Å². The molecule has 0 aliphatic heterocycles. The van der Waals surface area contributed by atoms with Crippen LogP contribution in [0.15, 0.2) is 42.5 Å². The van der Waals surface area contributed by atoms with Crippen LogP contribution in [0.5, 0.6) is 0 Å². The summed E-state index contributed by atoms with van der Waals surface area (Å²) in [5.74, 6) is 0.506. The molecule has 0 bridgehead atoms. The van der Waals surface area contributed by atoms with Crippen LogP contribution < -0.4 is 10.6 Å². The molecule has 4 aromatic rings. The summed E-state index contributed by atoms with van der Waals surface area (Å²) in [5.41, 5.74) is 2.80. The Balaban J connectivity index is 1.37. The maximum absolute atomic E-state index is 13.0. The fraction of sp³-hybridized carbons (Fsp3) is 0.261. The Labute approximate surface area is 194 Å². The molecule has 2 aromatic carbocycles. The van der Waals surface area contributed by atoms with Gasteiger partial charge in [-0.15, -0.1) is 5.10 Å². The van der Waals surface area contributed by atoms with Crippen LogP contribution in [0.4, 0.5) is 11.4 Å². The second-order valence-electron chi connectivity index (χ2n) is 8.25. The summed E-state index contributed by atoms with van der Waals surface area (Å²) in [6.45, 7) is 0. The molecule has 2 heterocycles. The van der Waals surface area contributed by atoms with Gasteiger partial charge in [0.05, 0.1) is 16.9 Å². The summed E-state index contributed by atoms with van der Waals surface area (Å²) >= 11 is 6.12. The number of carbonyl (C=O) groups is 2. The molecule has 168 valence electrons. The predicted molar refractivity (Wildman–Crippen MR) is 126 cm³/mol. The van der Waals surface area contributed by atoms with Crippen molar-refractivity contribution in [1.82, 2.24) is 25.6 Å². The molecule has 1 aliphatic carbocycles. The molecule has 4 N–H and O–H groups in total. The van der Waals surface area contributed by atoms with Crippen LogP contribution in [0.2, 0.25) is 5.02 Å². The Kier molecular flexibility index (Phi) is 5.78. The molecule has 2 aromatic heterocycles. The van der Waals surface area contributed by atoms with Crippen molar-refractivity contribution < 1.29 is 9.59 Å². The first-order valence-corrected chi connectivity index (χ1v) is 11.2. The second kappa shape index (κ2) is 9.03. The maximum atomic E-state index is 13.0. The number of nitrogens with one attached hydrogen (secondary N) is 4. The van der Waals surface area contributed by atoms with E-state index in [2.05, 4.69) is 36.2 Å². The lowest BCUT2D eigenvalue weighted by molar-refractivity contribution is -0.117. The highest BCUT2D eigenvalue weighted by atomic mass is 35.5. The number of anilines is 2. The quantitative estimate of drug-likeness (QED) is 0.327. The molecule has 5 rings (SSSR count). The van der Waals surface area contributed by atoms with Crippen molar-refractivity contribution in [1.29, 1.82) is 0 Å². The van der Waals surface area contributed by atoms with Crippen molar-refractivity contribution in [3.05, 3.63) is 53.2 Å². The SMILES string of the molecule is O=C(CC1CCCC1)Nc1cccc2cc(C(=O)Nc3ccc(Cl)cc3-c3nnn[nH]3)[nH]c12. The number of amides is 2. The van der Waals surface area contributed by atoms with Gasteiger partial charge < -0.3 is 15.6 Å². The van der Waals surface area contributed by atoms with Gasteiger partial charge in [-0.25, -0.2) is 5.10 Å². The zero-order valence-electron chi connectivity index (χ0n) is 17.7. The molecule has 10 heteroatoms. The molecule has 1 fully saturated rings. The monoisotopic (exact) mass is 463 g/mol. The number of hydrogen-bond acceptors (Lipinski definition) is 5. The van der Waals surface area contributed by atoms with E-state index in [-0.39, 0.29) is 11.8 Å². The molecule has 0 atom stereocenters. The molecule has 0 unspecified atom stereocenters. The van der Waals surface area contributed by atoms with Crippen LogP contribution in [0.3, 0.4) is 0 Å². The van der Waals surface area contributed by atoms with E-state index in [4.69, 9.17) is 11.6 Å². The van der Waals surface area contributed by atoms with Gasteiger partial charge in [0.1, 0.15) is 5.69 Å². The molecule has 0 radical (unpaired) electrons. The second-order valence-corrected chi connectivity index (χ2v) is 8.69. The Hall–Kier alpha value is -3.72. The van der Waals surface area contributed by atoms with Gasteiger partial charge in [-0.1, -0.05) is 36.6 Å². The summed E-state index contributed by atoms with van der Waals surface area (Å²) < 4.78 is 0. The lowest BCUT2D eigenvalue weighted by Crippen LogP contribution is -2.15. The number of halogens is 1. The van der Waals surface area contributed by atoms with Gasteiger partial charge in [0, 0.05) is 22.4 Å². The number of aromatic nitrogens is 5. The number of carbonyl (C=O) groups excluding carboxylic acids is 2. The smallest absolute Gasteiger partial charge is 0.272 e. The van der Waals surface area contributed by atoms with Crippen molar-refractivity contribution in [3.63, 3.8) is 0 Å². The van der Waals surface area contributed by atoms with Crippen LogP contribution in [-0.4, -0.2) is 37.4 Å². The van der Waals surface area contributed by atoms with Gasteiger partial charge in [-0.05, 0) is 59.5 Å². The minimum absolute atomic E-state index is 0.00137. The van der Waals surface area contributed by atoms with Crippen LogP contribution in [0.25, 0.3) is 22.3 Å². The van der Waals surface area contributed by atoms with Crippen LogP contribution in [0, 0.1) is 5.92 Å². The highest BCUT2D eigenvalue weighted by molar-refractivity contribution is 6.31. The third-order valence-corrected chi connectivity index (χ3v) is 6.19. The molecule has 1 aliphatic rings. The number of aromatic amines is 2. The van der Waals surface area contributed by atoms with Gasteiger partial charge in [-0.2, -0.15) is 0 Å². The highest BCUT2D eigenvalue weighted by Crippen LogP contribution is 2.31. The van der Waals surface area contributed by atoms with Crippen molar-refractivity contribution in [3.8, 4) is 11.4 Å². The minimum atomic E-state index is -0.342. The van der Waals surface area contributed by atoms with E-state index in [1.807, 2.05) is 18.2 Å². The Morgan fingerprint density at radius 1 is 1.06 bits per heavy atom. The molecule has 0 spiro atoms. The molecular formula is C23H22ClN7O2.